The molecule has 2 aromatic rings. The monoisotopic (exact) mass is 497 g/mol. The Hall–Kier alpha value is -2.51. The number of carbonyl (C=O) groups is 1. The first-order chi connectivity index (χ1) is 15.5. The molecule has 0 saturated carbocycles. The summed E-state index contributed by atoms with van der Waals surface area (Å²) in [5.74, 6) is -0.547. The largest absolute Gasteiger partial charge is 0.489 e. The molecular weight excluding hydrogens is 470 g/mol. The first-order valence-corrected chi connectivity index (χ1v) is 13.5. The van der Waals surface area contributed by atoms with Crippen LogP contribution in [0, 0.1) is 6.92 Å². The van der Waals surface area contributed by atoms with Gasteiger partial charge in [-0.15, -0.1) is 0 Å². The maximum atomic E-state index is 13.3. The fraction of sp³-hybridized carbons (Fsp3) is 0.381. The summed E-state index contributed by atoms with van der Waals surface area (Å²) in [4.78, 5) is 12.2. The summed E-state index contributed by atoms with van der Waals surface area (Å²) >= 11 is 0. The van der Waals surface area contributed by atoms with Crippen molar-refractivity contribution in [3.63, 3.8) is 0 Å². The van der Waals surface area contributed by atoms with Crippen molar-refractivity contribution in [2.45, 2.75) is 37.4 Å². The van der Waals surface area contributed by atoms with Gasteiger partial charge in [-0.25, -0.2) is 22.3 Å². The number of rotatable bonds is 7. The quantitative estimate of drug-likeness (QED) is 0.432. The lowest BCUT2D eigenvalue weighted by atomic mass is 10.1. The molecule has 0 aromatic heterocycles. The summed E-state index contributed by atoms with van der Waals surface area (Å²) in [6.45, 7) is 3.35. The highest BCUT2D eigenvalue weighted by molar-refractivity contribution is 7.89. The number of aryl methyl sites for hydroxylation is 1. The van der Waals surface area contributed by atoms with Gasteiger partial charge in [0.25, 0.3) is 5.91 Å². The number of benzene rings is 2. The lowest BCUT2D eigenvalue weighted by Crippen LogP contribution is -2.65. The summed E-state index contributed by atoms with van der Waals surface area (Å²) in [7, 11) is -7.86. The maximum absolute atomic E-state index is 13.3. The van der Waals surface area contributed by atoms with Gasteiger partial charge in [-0.1, -0.05) is 24.3 Å². The molecule has 0 bridgehead atoms. The zero-order valence-corrected chi connectivity index (χ0v) is 20.1. The zero-order valence-electron chi connectivity index (χ0n) is 18.5. The van der Waals surface area contributed by atoms with Crippen molar-refractivity contribution in [3.05, 3.63) is 59.7 Å². The zero-order chi connectivity index (χ0) is 24.4. The molecule has 2 atom stereocenters. The van der Waals surface area contributed by atoms with E-state index in [4.69, 9.17) is 9.94 Å². The lowest BCUT2D eigenvalue weighted by molar-refractivity contribution is -0.135. The number of amides is 1. The van der Waals surface area contributed by atoms with E-state index in [1.807, 2.05) is 31.2 Å². The van der Waals surface area contributed by atoms with Crippen LogP contribution in [0.25, 0.3) is 0 Å². The van der Waals surface area contributed by atoms with Crippen molar-refractivity contribution in [1.29, 1.82) is 0 Å². The van der Waals surface area contributed by atoms with Gasteiger partial charge in [-0.05, 0) is 49.2 Å². The van der Waals surface area contributed by atoms with E-state index in [-0.39, 0.29) is 18.0 Å². The number of nitrogens with zero attached hydrogens (tertiary/aromatic N) is 2. The van der Waals surface area contributed by atoms with Gasteiger partial charge < -0.3 is 4.74 Å². The molecule has 1 aliphatic heterocycles. The fourth-order valence-electron chi connectivity index (χ4n) is 3.87. The topological polar surface area (TPSA) is 133 Å². The molecular formula is C21H27N3O7S2. The summed E-state index contributed by atoms with van der Waals surface area (Å²) < 4.78 is 58.4. The van der Waals surface area contributed by atoms with Crippen molar-refractivity contribution in [2.24, 2.45) is 0 Å². The van der Waals surface area contributed by atoms with Crippen molar-refractivity contribution >= 4 is 26.0 Å². The van der Waals surface area contributed by atoms with Gasteiger partial charge in [0.2, 0.25) is 20.0 Å². The second-order valence-corrected chi connectivity index (χ2v) is 11.7. The third-order valence-corrected chi connectivity index (χ3v) is 8.92. The number of hydrogen-bond donors (Lipinski definition) is 2. The first kappa shape index (κ1) is 25.1. The highest BCUT2D eigenvalue weighted by atomic mass is 32.2. The first-order valence-electron chi connectivity index (χ1n) is 10.2. The molecule has 10 nitrogen and oxygen atoms in total. The van der Waals surface area contributed by atoms with E-state index in [0.29, 0.717) is 12.4 Å². The smallest absolute Gasteiger partial charge is 0.263 e. The van der Waals surface area contributed by atoms with Gasteiger partial charge in [0.1, 0.15) is 18.4 Å². The minimum Gasteiger partial charge on any atom is -0.489 e. The van der Waals surface area contributed by atoms with Crippen LogP contribution in [0.5, 0.6) is 5.75 Å². The molecule has 2 aromatic carbocycles. The number of piperazine rings is 1. The van der Waals surface area contributed by atoms with Gasteiger partial charge in [0.15, 0.2) is 0 Å². The van der Waals surface area contributed by atoms with E-state index in [2.05, 4.69) is 0 Å². The molecule has 0 aliphatic carbocycles. The average Bonchev–Trinajstić information content (AvgIpc) is 2.77. The Morgan fingerprint density at radius 3 is 2.24 bits per heavy atom. The van der Waals surface area contributed by atoms with Crippen molar-refractivity contribution < 1.29 is 31.6 Å². The summed E-state index contributed by atoms with van der Waals surface area (Å²) in [6.07, 6.45) is 0.983. The summed E-state index contributed by atoms with van der Waals surface area (Å²) in [5, 5.41) is 9.15. The molecule has 1 aliphatic rings. The molecule has 180 valence electrons. The van der Waals surface area contributed by atoms with E-state index in [1.165, 1.54) is 36.7 Å². The number of sulfonamides is 2. The molecule has 2 N–H and O–H groups in total. The van der Waals surface area contributed by atoms with Crippen LogP contribution < -0.4 is 10.2 Å². The van der Waals surface area contributed by atoms with Crippen LogP contribution >= 0.6 is 0 Å². The Morgan fingerprint density at radius 1 is 1.06 bits per heavy atom. The highest BCUT2D eigenvalue weighted by Gasteiger charge is 2.47. The predicted octanol–water partition coefficient (Wildman–Crippen LogP) is 1.10. The van der Waals surface area contributed by atoms with Crippen molar-refractivity contribution in [1.82, 2.24) is 14.1 Å². The molecule has 33 heavy (non-hydrogen) atoms. The van der Waals surface area contributed by atoms with Crippen LogP contribution in [0.2, 0.25) is 0 Å². The summed E-state index contributed by atoms with van der Waals surface area (Å²) in [6, 6.07) is 11.0. The fourth-order valence-corrected chi connectivity index (χ4v) is 6.64. The van der Waals surface area contributed by atoms with Gasteiger partial charge in [0, 0.05) is 19.1 Å². The number of nitrogens with one attached hydrogen (secondary N) is 1. The van der Waals surface area contributed by atoms with Gasteiger partial charge >= 0.3 is 0 Å². The minimum absolute atomic E-state index is 0.0820. The Bertz CT molecular complexity index is 1210. The van der Waals surface area contributed by atoms with E-state index in [1.54, 1.807) is 0 Å². The molecule has 3 rings (SSSR count). The number of ether oxygens (including phenoxy) is 1. The van der Waals surface area contributed by atoms with Gasteiger partial charge in [0.05, 0.1) is 11.2 Å². The average molecular weight is 498 g/mol. The highest BCUT2D eigenvalue weighted by Crippen LogP contribution is 2.28. The van der Waals surface area contributed by atoms with Crippen LogP contribution in [0.1, 0.15) is 18.1 Å². The van der Waals surface area contributed by atoms with E-state index in [9.17, 15) is 21.6 Å². The Balaban J connectivity index is 1.83. The summed E-state index contributed by atoms with van der Waals surface area (Å²) in [5.41, 5.74) is 3.53. The third kappa shape index (κ3) is 5.36. The third-order valence-electron chi connectivity index (χ3n) is 5.65. The Morgan fingerprint density at radius 2 is 1.67 bits per heavy atom. The maximum Gasteiger partial charge on any atom is 0.263 e. The van der Waals surface area contributed by atoms with Crippen molar-refractivity contribution in [3.8, 4) is 5.75 Å². The molecule has 1 saturated heterocycles. The van der Waals surface area contributed by atoms with Crippen LogP contribution in [-0.4, -0.2) is 68.0 Å². The number of carbonyl (C=O) groups excluding carboxylic acids is 1. The van der Waals surface area contributed by atoms with Crippen molar-refractivity contribution in [2.75, 3.05) is 19.3 Å². The van der Waals surface area contributed by atoms with Crippen LogP contribution in [0.4, 0.5) is 0 Å². The lowest BCUT2D eigenvalue weighted by Gasteiger charge is -2.42. The van der Waals surface area contributed by atoms with Gasteiger partial charge in [-0.3, -0.25) is 10.0 Å². The van der Waals surface area contributed by atoms with Crippen LogP contribution in [0.3, 0.4) is 0 Å². The minimum atomic E-state index is -4.17. The number of hydroxylamine groups is 1. The Kier molecular flexibility index (Phi) is 7.44. The van der Waals surface area contributed by atoms with E-state index < -0.39 is 38.0 Å². The van der Waals surface area contributed by atoms with Crippen LogP contribution in [0.15, 0.2) is 53.4 Å². The molecule has 1 heterocycles. The standard InChI is InChI=1S/C21H27N3O7S2/c1-15-6-4-5-7-17(15)14-31-18-8-10-19(11-9-18)33(29,30)24-13-12-23(32(3,27)28)16(2)20(24)21(25)22-26/h4-11,16,20,26H,12-14H2,1-3H3,(H,22,25). The second kappa shape index (κ2) is 9.77. The molecule has 0 spiro atoms. The molecule has 12 heteroatoms. The SMILES string of the molecule is Cc1ccccc1COc1ccc(S(=O)(=O)N2CCN(S(C)(=O)=O)C(C)C2C(=O)NO)cc1. The molecule has 0 radical (unpaired) electrons. The normalized spacial score (nSPS) is 20.4. The second-order valence-electron chi connectivity index (χ2n) is 7.84. The predicted molar refractivity (Wildman–Crippen MR) is 121 cm³/mol. The van der Waals surface area contributed by atoms with E-state index in [0.717, 1.165) is 26.0 Å². The molecule has 1 amide bonds. The number of hydrogen-bond acceptors (Lipinski definition) is 7. The van der Waals surface area contributed by atoms with Crippen LogP contribution in [-0.2, 0) is 31.4 Å². The Labute approximate surface area is 193 Å². The van der Waals surface area contributed by atoms with Gasteiger partial charge in [-0.2, -0.15) is 8.61 Å². The molecule has 2 unspecified atom stereocenters. The molecule has 1 fully saturated rings. The van der Waals surface area contributed by atoms with E-state index >= 15 is 0 Å².